The highest BCUT2D eigenvalue weighted by molar-refractivity contribution is 8.00. The normalized spacial score (nSPS) is 11.4. The minimum absolute atomic E-state index is 0.00249. The number of aromatic nitrogens is 2. The lowest BCUT2D eigenvalue weighted by Crippen LogP contribution is -2.12. The number of carbonyl (C=O) groups excluding carboxylic acids is 1. The molecule has 0 radical (unpaired) electrons. The molecule has 2 aromatic rings. The topological polar surface area (TPSA) is 68.0 Å². The van der Waals surface area contributed by atoms with Gasteiger partial charge in [-0.15, -0.1) is 0 Å². The Bertz CT molecular complexity index is 610. The van der Waals surface area contributed by atoms with Gasteiger partial charge in [-0.2, -0.15) is 18.2 Å². The van der Waals surface area contributed by atoms with Crippen LogP contribution < -0.4 is 5.32 Å². The Balaban J connectivity index is 2.04. The molecule has 0 atom stereocenters. The van der Waals surface area contributed by atoms with Gasteiger partial charge in [-0.1, -0.05) is 5.16 Å². The second-order valence-electron chi connectivity index (χ2n) is 3.67. The van der Waals surface area contributed by atoms with E-state index in [2.05, 4.69) is 15.5 Å². The fraction of sp³-hybridized carbons (Fsp3) is 0.182. The Hall–Kier alpha value is -2.03. The summed E-state index contributed by atoms with van der Waals surface area (Å²) in [7, 11) is 0. The number of thioether (sulfide) groups is 1. The quantitative estimate of drug-likeness (QED) is 0.882. The second-order valence-corrected chi connectivity index (χ2v) is 4.81. The van der Waals surface area contributed by atoms with E-state index in [4.69, 9.17) is 4.52 Å². The Morgan fingerprint density at radius 1 is 1.30 bits per heavy atom. The van der Waals surface area contributed by atoms with Crippen LogP contribution in [0.15, 0.2) is 33.7 Å². The number of aryl methyl sites for hydroxylation is 1. The zero-order chi connectivity index (χ0) is 14.8. The van der Waals surface area contributed by atoms with Crippen LogP contribution in [0.5, 0.6) is 0 Å². The number of anilines is 1. The summed E-state index contributed by atoms with van der Waals surface area (Å²) in [6, 6.07) is 4.93. The molecule has 2 rings (SSSR count). The highest BCUT2D eigenvalue weighted by Gasteiger charge is 2.29. The molecular formula is C11H8F3N3O2S. The number of halogens is 3. The first-order chi connectivity index (χ1) is 9.33. The molecule has 9 heteroatoms. The van der Waals surface area contributed by atoms with Crippen molar-refractivity contribution >= 4 is 23.7 Å². The minimum Gasteiger partial charge on any atom is -0.315 e. The van der Waals surface area contributed by atoms with Crippen LogP contribution in [0, 0.1) is 6.92 Å². The van der Waals surface area contributed by atoms with Gasteiger partial charge >= 0.3 is 11.5 Å². The van der Waals surface area contributed by atoms with E-state index in [1.165, 1.54) is 24.3 Å². The van der Waals surface area contributed by atoms with Crippen molar-refractivity contribution in [3.8, 4) is 0 Å². The average molecular weight is 303 g/mol. The lowest BCUT2D eigenvalue weighted by atomic mass is 10.2. The summed E-state index contributed by atoms with van der Waals surface area (Å²) in [5.41, 5.74) is -4.17. The highest BCUT2D eigenvalue weighted by atomic mass is 32.2. The van der Waals surface area contributed by atoms with Gasteiger partial charge in [0, 0.05) is 10.5 Å². The van der Waals surface area contributed by atoms with E-state index in [0.717, 1.165) is 0 Å². The molecule has 0 saturated heterocycles. The molecule has 0 aliphatic heterocycles. The Labute approximate surface area is 115 Å². The van der Waals surface area contributed by atoms with E-state index >= 15 is 0 Å². The van der Waals surface area contributed by atoms with E-state index in [9.17, 15) is 18.0 Å². The van der Waals surface area contributed by atoms with E-state index in [1.807, 2.05) is 0 Å². The van der Waals surface area contributed by atoms with Crippen LogP contribution in [0.2, 0.25) is 0 Å². The van der Waals surface area contributed by atoms with Gasteiger partial charge < -0.3 is 4.52 Å². The van der Waals surface area contributed by atoms with E-state index in [0.29, 0.717) is 5.82 Å². The first-order valence-electron chi connectivity index (χ1n) is 5.31. The van der Waals surface area contributed by atoms with Gasteiger partial charge in [-0.25, -0.2) is 0 Å². The van der Waals surface area contributed by atoms with Gasteiger partial charge in [0.15, 0.2) is 5.82 Å². The predicted molar refractivity (Wildman–Crippen MR) is 65.3 cm³/mol. The Morgan fingerprint density at radius 3 is 2.45 bits per heavy atom. The van der Waals surface area contributed by atoms with Crippen molar-refractivity contribution in [2.24, 2.45) is 0 Å². The van der Waals surface area contributed by atoms with Crippen molar-refractivity contribution in [2.75, 3.05) is 5.32 Å². The zero-order valence-electron chi connectivity index (χ0n) is 10.1. The maximum Gasteiger partial charge on any atom is 0.446 e. The molecule has 0 saturated carbocycles. The zero-order valence-corrected chi connectivity index (χ0v) is 10.9. The maximum atomic E-state index is 12.1. The molecule has 0 bridgehead atoms. The van der Waals surface area contributed by atoms with Crippen LogP contribution in [0.3, 0.4) is 0 Å². The first-order valence-corrected chi connectivity index (χ1v) is 6.12. The maximum absolute atomic E-state index is 12.1. The van der Waals surface area contributed by atoms with Crippen LogP contribution in [-0.4, -0.2) is 21.6 Å². The van der Waals surface area contributed by atoms with Gasteiger partial charge in [0.1, 0.15) is 0 Å². The van der Waals surface area contributed by atoms with Crippen LogP contribution in [0.25, 0.3) is 0 Å². The third-order valence-electron chi connectivity index (χ3n) is 2.10. The van der Waals surface area contributed by atoms with Crippen molar-refractivity contribution in [1.29, 1.82) is 0 Å². The summed E-state index contributed by atoms with van der Waals surface area (Å²) in [6.45, 7) is 1.59. The van der Waals surface area contributed by atoms with Gasteiger partial charge in [0.2, 0.25) is 0 Å². The number of benzene rings is 1. The summed E-state index contributed by atoms with van der Waals surface area (Å²) in [5.74, 6) is -0.186. The Kier molecular flexibility index (Phi) is 3.98. The summed E-state index contributed by atoms with van der Waals surface area (Å²) in [6.07, 6.45) is 0. The fourth-order valence-corrected chi connectivity index (χ4v) is 1.86. The number of alkyl halides is 3. The number of amides is 1. The van der Waals surface area contributed by atoms with Crippen LogP contribution in [0.1, 0.15) is 16.2 Å². The molecule has 106 valence electrons. The van der Waals surface area contributed by atoms with Crippen molar-refractivity contribution in [1.82, 2.24) is 10.1 Å². The number of hydrogen-bond donors (Lipinski definition) is 1. The minimum atomic E-state index is -4.36. The summed E-state index contributed by atoms with van der Waals surface area (Å²) >= 11 is -0.244. The van der Waals surface area contributed by atoms with Gasteiger partial charge in [0.05, 0.1) is 0 Å². The molecule has 5 nitrogen and oxygen atoms in total. The molecule has 1 amide bonds. The number of rotatable bonds is 3. The number of nitrogens with one attached hydrogen (secondary N) is 1. The van der Waals surface area contributed by atoms with E-state index in [1.54, 1.807) is 6.92 Å². The smallest absolute Gasteiger partial charge is 0.315 e. The summed E-state index contributed by atoms with van der Waals surface area (Å²) in [5, 5.41) is 5.83. The summed E-state index contributed by atoms with van der Waals surface area (Å²) in [4.78, 5) is 15.5. The fourth-order valence-electron chi connectivity index (χ4n) is 1.33. The van der Waals surface area contributed by atoms with Crippen LogP contribution >= 0.6 is 11.8 Å². The van der Waals surface area contributed by atoms with Crippen LogP contribution in [0.4, 0.5) is 19.2 Å². The molecular weight excluding hydrogens is 295 g/mol. The van der Waals surface area contributed by atoms with Crippen molar-refractivity contribution in [3.63, 3.8) is 0 Å². The molecule has 1 aromatic heterocycles. The third kappa shape index (κ3) is 3.98. The lowest BCUT2D eigenvalue weighted by Gasteiger charge is -2.06. The number of hydrogen-bond acceptors (Lipinski definition) is 5. The van der Waals surface area contributed by atoms with Crippen molar-refractivity contribution < 1.29 is 22.5 Å². The largest absolute Gasteiger partial charge is 0.446 e. The second kappa shape index (κ2) is 5.53. The number of nitrogens with zero attached hydrogens (tertiary/aromatic N) is 2. The molecule has 0 unspecified atom stereocenters. The highest BCUT2D eigenvalue weighted by Crippen LogP contribution is 2.36. The molecule has 0 spiro atoms. The van der Waals surface area contributed by atoms with E-state index < -0.39 is 11.4 Å². The molecule has 1 N–H and O–H groups in total. The lowest BCUT2D eigenvalue weighted by molar-refractivity contribution is -0.0328. The van der Waals surface area contributed by atoms with Crippen molar-refractivity contribution in [2.45, 2.75) is 17.3 Å². The Morgan fingerprint density at radius 2 is 1.95 bits per heavy atom. The molecule has 0 fully saturated rings. The molecule has 0 aliphatic carbocycles. The molecule has 1 aromatic carbocycles. The molecule has 20 heavy (non-hydrogen) atoms. The molecule has 1 heterocycles. The first kappa shape index (κ1) is 14.4. The standard InChI is InChI=1S/C11H8F3N3O2S/c1-6-15-10(19-17-6)16-9(18)7-2-4-8(5-3-7)20-11(12,13)14/h2-5H,1H3,(H,15,16,17,18). The average Bonchev–Trinajstić information content (AvgIpc) is 2.73. The predicted octanol–water partition coefficient (Wildman–Crippen LogP) is 3.24. The monoisotopic (exact) mass is 303 g/mol. The summed E-state index contributed by atoms with van der Waals surface area (Å²) < 4.78 is 41.1. The van der Waals surface area contributed by atoms with Crippen LogP contribution in [-0.2, 0) is 0 Å². The van der Waals surface area contributed by atoms with E-state index in [-0.39, 0.29) is 28.2 Å². The third-order valence-corrected chi connectivity index (χ3v) is 2.84. The van der Waals surface area contributed by atoms with Gasteiger partial charge in [-0.05, 0) is 43.0 Å². The van der Waals surface area contributed by atoms with Crippen molar-refractivity contribution in [3.05, 3.63) is 35.7 Å². The molecule has 0 aliphatic rings. The SMILES string of the molecule is Cc1noc(NC(=O)c2ccc(SC(F)(F)F)cc2)n1. The van der Waals surface area contributed by atoms with Gasteiger partial charge in [-0.3, -0.25) is 10.1 Å². The number of carbonyl (C=O) groups is 1. The van der Waals surface area contributed by atoms with Gasteiger partial charge in [0.25, 0.3) is 5.91 Å².